The fourth-order valence-electron chi connectivity index (χ4n) is 0.0680. The minimum atomic E-state index is 0.241. The molecule has 0 spiro atoms. The summed E-state index contributed by atoms with van der Waals surface area (Å²) in [6.07, 6.45) is 1.98. The lowest BCUT2D eigenvalue weighted by Gasteiger charge is -2.00. The SMILES string of the molecule is [CH2]OC(C)SC. The highest BCUT2D eigenvalue weighted by Gasteiger charge is 1.89. The van der Waals surface area contributed by atoms with Crippen molar-refractivity contribution in [3.05, 3.63) is 7.11 Å². The minimum Gasteiger partial charge on any atom is -0.366 e. The number of rotatable bonds is 2. The Hall–Kier alpha value is 0.310. The predicted molar refractivity (Wildman–Crippen MR) is 29.4 cm³/mol. The average molecular weight is 105 g/mol. The van der Waals surface area contributed by atoms with Crippen molar-refractivity contribution in [2.75, 3.05) is 6.26 Å². The summed E-state index contributed by atoms with van der Waals surface area (Å²) >= 11 is 1.64. The monoisotopic (exact) mass is 105 g/mol. The molecule has 0 aromatic heterocycles. The van der Waals surface area contributed by atoms with Crippen LogP contribution in [0.1, 0.15) is 6.92 Å². The van der Waals surface area contributed by atoms with Gasteiger partial charge in [-0.05, 0) is 13.2 Å². The maximum Gasteiger partial charge on any atom is 0.0997 e. The molecule has 0 saturated carbocycles. The van der Waals surface area contributed by atoms with Crippen molar-refractivity contribution in [1.29, 1.82) is 0 Å². The van der Waals surface area contributed by atoms with E-state index < -0.39 is 0 Å². The van der Waals surface area contributed by atoms with Crippen LogP contribution in [-0.4, -0.2) is 11.7 Å². The van der Waals surface area contributed by atoms with Gasteiger partial charge in [-0.2, -0.15) is 0 Å². The molecule has 1 nitrogen and oxygen atoms in total. The second-order valence-electron chi connectivity index (χ2n) is 0.970. The number of ether oxygens (including phenoxy) is 1. The van der Waals surface area contributed by atoms with E-state index in [2.05, 4.69) is 11.8 Å². The fraction of sp³-hybridized carbons (Fsp3) is 0.750. The molecule has 0 bridgehead atoms. The first-order chi connectivity index (χ1) is 2.81. The van der Waals surface area contributed by atoms with Crippen LogP contribution in [0.25, 0.3) is 0 Å². The summed E-state index contributed by atoms with van der Waals surface area (Å²) in [6, 6.07) is 0. The largest absolute Gasteiger partial charge is 0.366 e. The summed E-state index contributed by atoms with van der Waals surface area (Å²) in [4.78, 5) is 0. The van der Waals surface area contributed by atoms with E-state index in [4.69, 9.17) is 0 Å². The van der Waals surface area contributed by atoms with E-state index in [-0.39, 0.29) is 5.44 Å². The smallest absolute Gasteiger partial charge is 0.0997 e. The van der Waals surface area contributed by atoms with Crippen LogP contribution in [0.15, 0.2) is 0 Å². The lowest BCUT2D eigenvalue weighted by atomic mass is 10.9. The highest BCUT2D eigenvalue weighted by molar-refractivity contribution is 7.99. The Balaban J connectivity index is 2.75. The molecule has 0 rings (SSSR count). The molecular weight excluding hydrogens is 96.1 g/mol. The molecule has 0 aliphatic rings. The van der Waals surface area contributed by atoms with Gasteiger partial charge in [0.25, 0.3) is 0 Å². The van der Waals surface area contributed by atoms with Crippen LogP contribution >= 0.6 is 11.8 Å². The third-order valence-corrected chi connectivity index (χ3v) is 1.37. The Bertz CT molecular complexity index is 26.7. The summed E-state index contributed by atoms with van der Waals surface area (Å²) in [5.74, 6) is 0. The van der Waals surface area contributed by atoms with Gasteiger partial charge < -0.3 is 4.74 Å². The molecule has 1 atom stereocenters. The molecule has 0 aromatic carbocycles. The van der Waals surface area contributed by atoms with Gasteiger partial charge in [-0.15, -0.1) is 11.8 Å². The zero-order chi connectivity index (χ0) is 4.99. The second kappa shape index (κ2) is 3.50. The van der Waals surface area contributed by atoms with Gasteiger partial charge in [-0.25, -0.2) is 0 Å². The van der Waals surface area contributed by atoms with Crippen LogP contribution in [0.3, 0.4) is 0 Å². The summed E-state index contributed by atoms with van der Waals surface area (Å²) in [5.41, 5.74) is 0.241. The van der Waals surface area contributed by atoms with Gasteiger partial charge in [0.15, 0.2) is 0 Å². The fourth-order valence-corrected chi connectivity index (χ4v) is 0.204. The van der Waals surface area contributed by atoms with Crippen LogP contribution in [0.2, 0.25) is 0 Å². The van der Waals surface area contributed by atoms with Gasteiger partial charge in [0.2, 0.25) is 0 Å². The third kappa shape index (κ3) is 2.54. The van der Waals surface area contributed by atoms with Crippen LogP contribution in [0, 0.1) is 7.11 Å². The maximum absolute atomic E-state index is 4.61. The molecule has 0 fully saturated rings. The van der Waals surface area contributed by atoms with Crippen molar-refractivity contribution in [3.8, 4) is 0 Å². The summed E-state index contributed by atoms with van der Waals surface area (Å²) < 4.78 is 4.61. The summed E-state index contributed by atoms with van der Waals surface area (Å²) in [6.45, 7) is 1.96. The van der Waals surface area contributed by atoms with Gasteiger partial charge in [-0.1, -0.05) is 0 Å². The Morgan fingerprint density at radius 1 is 1.83 bits per heavy atom. The average Bonchev–Trinajstić information content (AvgIpc) is 1.65. The number of hydrogen-bond acceptors (Lipinski definition) is 2. The lowest BCUT2D eigenvalue weighted by molar-refractivity contribution is 0.232. The van der Waals surface area contributed by atoms with Gasteiger partial charge in [0.1, 0.15) is 0 Å². The highest BCUT2D eigenvalue weighted by Crippen LogP contribution is 2.03. The molecule has 6 heavy (non-hydrogen) atoms. The molecule has 0 saturated heterocycles. The molecule has 0 aliphatic heterocycles. The minimum absolute atomic E-state index is 0.241. The van der Waals surface area contributed by atoms with E-state index in [1.165, 1.54) is 0 Å². The second-order valence-corrected chi connectivity index (χ2v) is 2.11. The van der Waals surface area contributed by atoms with Crippen molar-refractivity contribution in [1.82, 2.24) is 0 Å². The maximum atomic E-state index is 4.61. The quantitative estimate of drug-likeness (QED) is 0.492. The van der Waals surface area contributed by atoms with E-state index in [1.54, 1.807) is 11.8 Å². The molecule has 1 unspecified atom stereocenters. The molecule has 0 heterocycles. The molecule has 37 valence electrons. The molecule has 0 aromatic rings. The Morgan fingerprint density at radius 2 is 2.33 bits per heavy atom. The van der Waals surface area contributed by atoms with Crippen LogP contribution in [0.4, 0.5) is 0 Å². The Labute approximate surface area is 43.1 Å². The first kappa shape index (κ1) is 6.31. The first-order valence-electron chi connectivity index (χ1n) is 1.75. The lowest BCUT2D eigenvalue weighted by Crippen LogP contribution is -1.92. The van der Waals surface area contributed by atoms with Gasteiger partial charge >= 0.3 is 0 Å². The van der Waals surface area contributed by atoms with Crippen molar-refractivity contribution in [2.45, 2.75) is 12.4 Å². The molecule has 0 N–H and O–H groups in total. The van der Waals surface area contributed by atoms with Crippen molar-refractivity contribution >= 4 is 11.8 Å². The normalized spacial score (nSPS) is 14.5. The van der Waals surface area contributed by atoms with Crippen LogP contribution < -0.4 is 0 Å². The molecular formula is C4H9OS. The van der Waals surface area contributed by atoms with E-state index >= 15 is 0 Å². The first-order valence-corrected chi connectivity index (χ1v) is 3.03. The van der Waals surface area contributed by atoms with Gasteiger partial charge in [-0.3, -0.25) is 0 Å². The van der Waals surface area contributed by atoms with Crippen LogP contribution in [-0.2, 0) is 4.74 Å². The van der Waals surface area contributed by atoms with E-state index in [1.807, 2.05) is 13.2 Å². The molecule has 0 aliphatic carbocycles. The third-order valence-electron chi connectivity index (χ3n) is 0.567. The zero-order valence-corrected chi connectivity index (χ0v) is 4.92. The predicted octanol–water partition coefficient (Wildman–Crippen LogP) is 1.50. The summed E-state index contributed by atoms with van der Waals surface area (Å²) in [7, 11) is 3.24. The number of hydrogen-bond donors (Lipinski definition) is 0. The van der Waals surface area contributed by atoms with Gasteiger partial charge in [0.05, 0.1) is 12.5 Å². The summed E-state index contributed by atoms with van der Waals surface area (Å²) in [5, 5.41) is 0. The van der Waals surface area contributed by atoms with Crippen LogP contribution in [0.5, 0.6) is 0 Å². The van der Waals surface area contributed by atoms with Crippen molar-refractivity contribution in [2.24, 2.45) is 0 Å². The van der Waals surface area contributed by atoms with Gasteiger partial charge in [0, 0.05) is 0 Å². The topological polar surface area (TPSA) is 9.23 Å². The molecule has 2 heteroatoms. The van der Waals surface area contributed by atoms with Crippen molar-refractivity contribution < 1.29 is 4.74 Å². The van der Waals surface area contributed by atoms with E-state index in [0.29, 0.717) is 0 Å². The van der Waals surface area contributed by atoms with Crippen molar-refractivity contribution in [3.63, 3.8) is 0 Å². The zero-order valence-electron chi connectivity index (χ0n) is 4.10. The van der Waals surface area contributed by atoms with E-state index in [0.717, 1.165) is 0 Å². The highest BCUT2D eigenvalue weighted by atomic mass is 32.2. The molecule has 1 radical (unpaired) electrons. The standard InChI is InChI=1S/C4H9OS/c1-4(5-2)6-3/h4H,2H2,1,3H3. The number of thioether (sulfide) groups is 1. The Kier molecular flexibility index (Phi) is 3.68. The van der Waals surface area contributed by atoms with E-state index in [9.17, 15) is 0 Å². The molecule has 0 amide bonds. The Morgan fingerprint density at radius 3 is 2.33 bits per heavy atom.